The van der Waals surface area contributed by atoms with Crippen LogP contribution in [0.1, 0.15) is 20.7 Å². The number of thioether (sulfide) groups is 1. The molecule has 0 unspecified atom stereocenters. The second-order valence-corrected chi connectivity index (χ2v) is 4.87. The molecule has 1 heterocycles. The van der Waals surface area contributed by atoms with Gasteiger partial charge in [-0.1, -0.05) is 12.1 Å². The van der Waals surface area contributed by atoms with Gasteiger partial charge in [0.25, 0.3) is 11.8 Å². The summed E-state index contributed by atoms with van der Waals surface area (Å²) in [6.45, 7) is 0.518. The number of amides is 2. The third-order valence-corrected chi connectivity index (χ3v) is 3.52. The van der Waals surface area contributed by atoms with Crippen LogP contribution >= 0.6 is 11.8 Å². The molecule has 0 aliphatic carbocycles. The Kier molecular flexibility index (Phi) is 3.81. The van der Waals surface area contributed by atoms with Crippen LogP contribution in [0.3, 0.4) is 0 Å². The second-order valence-electron chi connectivity index (χ2n) is 3.64. The standard InChI is InChI=1S/C12H13NO3S/c14-6-8-17-7-5-13-11(15)9-3-1-2-4-10(9)12(13)16/h1-4,14H,5-8H2. The fraction of sp³-hybridized carbons (Fsp3) is 0.333. The number of aliphatic hydroxyl groups excluding tert-OH is 1. The van der Waals surface area contributed by atoms with Crippen molar-refractivity contribution in [3.8, 4) is 0 Å². The van der Waals surface area contributed by atoms with Crippen LogP contribution in [0, 0.1) is 0 Å². The average molecular weight is 251 g/mol. The Hall–Kier alpha value is -1.33. The van der Waals surface area contributed by atoms with Crippen molar-refractivity contribution in [1.29, 1.82) is 0 Å². The number of rotatable bonds is 5. The lowest BCUT2D eigenvalue weighted by Crippen LogP contribution is -2.31. The van der Waals surface area contributed by atoms with Crippen molar-refractivity contribution in [3.05, 3.63) is 35.4 Å². The topological polar surface area (TPSA) is 57.6 Å². The minimum atomic E-state index is -0.213. The first-order chi connectivity index (χ1) is 8.25. The van der Waals surface area contributed by atoms with Gasteiger partial charge < -0.3 is 5.11 Å². The summed E-state index contributed by atoms with van der Waals surface area (Å²) in [5, 5.41) is 8.64. The van der Waals surface area contributed by atoms with E-state index in [1.807, 2.05) is 0 Å². The van der Waals surface area contributed by atoms with Crippen molar-refractivity contribution >= 4 is 23.6 Å². The molecule has 1 aromatic rings. The first-order valence-electron chi connectivity index (χ1n) is 5.39. The van der Waals surface area contributed by atoms with Gasteiger partial charge in [0, 0.05) is 18.1 Å². The van der Waals surface area contributed by atoms with Crippen LogP contribution in [0.25, 0.3) is 0 Å². The zero-order valence-corrected chi connectivity index (χ0v) is 10.1. The Bertz CT molecular complexity index is 412. The van der Waals surface area contributed by atoms with E-state index in [4.69, 9.17) is 5.11 Å². The van der Waals surface area contributed by atoms with Gasteiger partial charge in [-0.3, -0.25) is 14.5 Å². The number of nitrogens with zero attached hydrogens (tertiary/aromatic N) is 1. The molecule has 1 aromatic carbocycles. The number of hydrogen-bond acceptors (Lipinski definition) is 4. The van der Waals surface area contributed by atoms with Crippen LogP contribution in [-0.2, 0) is 0 Å². The predicted octanol–water partition coefficient (Wildman–Crippen LogP) is 1.01. The van der Waals surface area contributed by atoms with E-state index >= 15 is 0 Å². The van der Waals surface area contributed by atoms with E-state index in [0.29, 0.717) is 29.2 Å². The van der Waals surface area contributed by atoms with E-state index in [1.165, 1.54) is 16.7 Å². The number of carbonyl (C=O) groups is 2. The lowest BCUT2D eigenvalue weighted by molar-refractivity contribution is 0.0664. The zero-order chi connectivity index (χ0) is 12.3. The van der Waals surface area contributed by atoms with E-state index in [2.05, 4.69) is 0 Å². The minimum absolute atomic E-state index is 0.118. The molecule has 0 fully saturated rings. The van der Waals surface area contributed by atoms with Gasteiger partial charge in [-0.25, -0.2) is 0 Å². The number of hydrogen-bond donors (Lipinski definition) is 1. The Morgan fingerprint density at radius 3 is 2.18 bits per heavy atom. The van der Waals surface area contributed by atoms with Gasteiger partial charge >= 0.3 is 0 Å². The third kappa shape index (κ3) is 2.35. The van der Waals surface area contributed by atoms with Crippen molar-refractivity contribution < 1.29 is 14.7 Å². The SMILES string of the molecule is O=C1c2ccccc2C(=O)N1CCSCCO. The van der Waals surface area contributed by atoms with Crippen molar-refractivity contribution in [2.75, 3.05) is 24.7 Å². The van der Waals surface area contributed by atoms with Gasteiger partial charge in [0.2, 0.25) is 0 Å². The van der Waals surface area contributed by atoms with Gasteiger partial charge in [0.05, 0.1) is 17.7 Å². The summed E-state index contributed by atoms with van der Waals surface area (Å²) < 4.78 is 0. The summed E-state index contributed by atoms with van der Waals surface area (Å²) in [4.78, 5) is 25.1. The number of imide groups is 1. The predicted molar refractivity (Wildman–Crippen MR) is 66.2 cm³/mol. The molecule has 2 rings (SSSR count). The molecular weight excluding hydrogens is 238 g/mol. The molecule has 90 valence electrons. The average Bonchev–Trinajstić information content (AvgIpc) is 2.60. The van der Waals surface area contributed by atoms with Gasteiger partial charge in [-0.15, -0.1) is 0 Å². The Morgan fingerprint density at radius 2 is 1.65 bits per heavy atom. The van der Waals surface area contributed by atoms with Gasteiger partial charge in [0.15, 0.2) is 0 Å². The normalized spacial score (nSPS) is 14.3. The molecule has 0 radical (unpaired) electrons. The molecule has 1 N–H and O–H groups in total. The summed E-state index contributed by atoms with van der Waals surface area (Å²) in [6, 6.07) is 6.87. The van der Waals surface area contributed by atoms with E-state index in [1.54, 1.807) is 24.3 Å². The van der Waals surface area contributed by atoms with Gasteiger partial charge in [-0.05, 0) is 12.1 Å². The van der Waals surface area contributed by atoms with Crippen molar-refractivity contribution in [2.45, 2.75) is 0 Å². The number of aliphatic hydroxyl groups is 1. The first kappa shape index (κ1) is 12.1. The van der Waals surface area contributed by atoms with Crippen LogP contribution < -0.4 is 0 Å². The maximum atomic E-state index is 11.9. The van der Waals surface area contributed by atoms with Crippen LogP contribution in [0.5, 0.6) is 0 Å². The lowest BCUT2D eigenvalue weighted by Gasteiger charge is -2.12. The molecular formula is C12H13NO3S. The van der Waals surface area contributed by atoms with Crippen LogP contribution in [-0.4, -0.2) is 46.5 Å². The molecule has 0 atom stereocenters. The summed E-state index contributed by atoms with van der Waals surface area (Å²) >= 11 is 1.53. The van der Waals surface area contributed by atoms with Crippen LogP contribution in [0.4, 0.5) is 0 Å². The Balaban J connectivity index is 2.03. The number of carbonyl (C=O) groups excluding carboxylic acids is 2. The number of fused-ring (bicyclic) bond motifs is 1. The molecule has 0 saturated carbocycles. The first-order valence-corrected chi connectivity index (χ1v) is 6.55. The van der Waals surface area contributed by atoms with Gasteiger partial charge in [-0.2, -0.15) is 11.8 Å². The van der Waals surface area contributed by atoms with Crippen LogP contribution in [0.15, 0.2) is 24.3 Å². The fourth-order valence-corrected chi connectivity index (χ4v) is 2.41. The van der Waals surface area contributed by atoms with Crippen molar-refractivity contribution in [1.82, 2.24) is 4.90 Å². The highest BCUT2D eigenvalue weighted by atomic mass is 32.2. The molecule has 0 spiro atoms. The quantitative estimate of drug-likeness (QED) is 0.627. The zero-order valence-electron chi connectivity index (χ0n) is 9.26. The van der Waals surface area contributed by atoms with E-state index in [9.17, 15) is 9.59 Å². The largest absolute Gasteiger partial charge is 0.396 e. The summed E-state index contributed by atoms with van der Waals surface area (Å²) in [7, 11) is 0. The maximum Gasteiger partial charge on any atom is 0.261 e. The third-order valence-electron chi connectivity index (χ3n) is 2.57. The molecule has 1 aliphatic heterocycles. The molecule has 0 bridgehead atoms. The minimum Gasteiger partial charge on any atom is -0.396 e. The van der Waals surface area contributed by atoms with E-state index in [-0.39, 0.29) is 18.4 Å². The molecule has 4 nitrogen and oxygen atoms in total. The summed E-state index contributed by atoms with van der Waals surface area (Å²) in [5.74, 6) is 0.861. The number of benzene rings is 1. The van der Waals surface area contributed by atoms with E-state index < -0.39 is 0 Å². The molecule has 5 heteroatoms. The highest BCUT2D eigenvalue weighted by molar-refractivity contribution is 7.99. The summed E-state index contributed by atoms with van der Waals surface area (Å²) in [5.41, 5.74) is 0.981. The highest BCUT2D eigenvalue weighted by Gasteiger charge is 2.34. The Morgan fingerprint density at radius 1 is 1.06 bits per heavy atom. The van der Waals surface area contributed by atoms with Crippen LogP contribution in [0.2, 0.25) is 0 Å². The Labute approximate surface area is 104 Å². The van der Waals surface area contributed by atoms with Crippen molar-refractivity contribution in [3.63, 3.8) is 0 Å². The monoisotopic (exact) mass is 251 g/mol. The smallest absolute Gasteiger partial charge is 0.261 e. The molecule has 17 heavy (non-hydrogen) atoms. The molecule has 1 aliphatic rings. The van der Waals surface area contributed by atoms with Crippen molar-refractivity contribution in [2.24, 2.45) is 0 Å². The molecule has 0 saturated heterocycles. The maximum absolute atomic E-state index is 11.9. The molecule has 0 aromatic heterocycles. The highest BCUT2D eigenvalue weighted by Crippen LogP contribution is 2.22. The van der Waals surface area contributed by atoms with Gasteiger partial charge in [0.1, 0.15) is 0 Å². The second kappa shape index (κ2) is 5.33. The molecule has 2 amide bonds. The fourth-order valence-electron chi connectivity index (χ4n) is 1.76. The summed E-state index contributed by atoms with van der Waals surface area (Å²) in [6.07, 6.45) is 0. The van der Waals surface area contributed by atoms with E-state index in [0.717, 1.165) is 0 Å². The lowest BCUT2D eigenvalue weighted by atomic mass is 10.1.